The summed E-state index contributed by atoms with van der Waals surface area (Å²) in [6, 6.07) is 5.38. The summed E-state index contributed by atoms with van der Waals surface area (Å²) < 4.78 is 10.5. The number of methoxy groups -OCH3 is 2. The summed E-state index contributed by atoms with van der Waals surface area (Å²) in [6.45, 7) is 8.30. The van der Waals surface area contributed by atoms with Gasteiger partial charge in [0, 0.05) is 13.1 Å². The summed E-state index contributed by atoms with van der Waals surface area (Å²) in [7, 11) is 3.16. The van der Waals surface area contributed by atoms with Crippen molar-refractivity contribution in [2.24, 2.45) is 10.9 Å². The summed E-state index contributed by atoms with van der Waals surface area (Å²) in [5.41, 5.74) is 0.745. The number of nitrogens with zero attached hydrogens (tertiary/aromatic N) is 1. The molecule has 1 unspecified atom stereocenters. The molecule has 0 amide bonds. The Morgan fingerprint density at radius 2 is 1.88 bits per heavy atom. The molecule has 136 valence electrons. The molecule has 24 heavy (non-hydrogen) atoms. The van der Waals surface area contributed by atoms with E-state index in [1.807, 2.05) is 13.0 Å². The third-order valence-corrected chi connectivity index (χ3v) is 3.57. The lowest BCUT2D eigenvalue weighted by molar-refractivity contribution is 0.186. The fourth-order valence-electron chi connectivity index (χ4n) is 2.16. The van der Waals surface area contributed by atoms with Crippen LogP contribution in [0, 0.1) is 5.92 Å². The molecule has 0 spiro atoms. The molecule has 1 atom stereocenters. The molecule has 0 saturated carbocycles. The van der Waals surface area contributed by atoms with Crippen LogP contribution in [0.15, 0.2) is 23.2 Å². The van der Waals surface area contributed by atoms with Crippen LogP contribution >= 0.6 is 0 Å². The zero-order valence-corrected chi connectivity index (χ0v) is 15.4. The standard InChI is InChI=1S/C18H31N3O3/c1-6-19-18(20-10-9-13(2)3)21-12-15(22)14-7-8-16(23-4)17(11-14)24-5/h7-8,11,13,15,22H,6,9-10,12H2,1-5H3,(H2,19,20,21). The van der Waals surface area contributed by atoms with E-state index in [9.17, 15) is 5.11 Å². The lowest BCUT2D eigenvalue weighted by atomic mass is 10.1. The van der Waals surface area contributed by atoms with Crippen LogP contribution in [0.5, 0.6) is 11.5 Å². The monoisotopic (exact) mass is 337 g/mol. The zero-order chi connectivity index (χ0) is 17.9. The first-order chi connectivity index (χ1) is 11.5. The summed E-state index contributed by atoms with van der Waals surface area (Å²) in [6.07, 6.45) is 0.369. The van der Waals surface area contributed by atoms with E-state index in [1.165, 1.54) is 0 Å². The number of aliphatic imine (C=N–C) groups is 1. The number of aliphatic hydroxyl groups is 1. The van der Waals surface area contributed by atoms with E-state index in [2.05, 4.69) is 29.5 Å². The molecule has 0 heterocycles. The Morgan fingerprint density at radius 1 is 1.17 bits per heavy atom. The first-order valence-corrected chi connectivity index (χ1v) is 8.43. The predicted molar refractivity (Wildman–Crippen MR) is 97.9 cm³/mol. The lowest BCUT2D eigenvalue weighted by Crippen LogP contribution is -2.38. The Bertz CT molecular complexity index is 518. The molecular weight excluding hydrogens is 306 g/mol. The molecule has 6 heteroatoms. The highest BCUT2D eigenvalue weighted by molar-refractivity contribution is 5.79. The fourth-order valence-corrected chi connectivity index (χ4v) is 2.16. The fraction of sp³-hybridized carbons (Fsp3) is 0.611. The van der Waals surface area contributed by atoms with E-state index in [4.69, 9.17) is 9.47 Å². The highest BCUT2D eigenvalue weighted by Gasteiger charge is 2.12. The minimum Gasteiger partial charge on any atom is -0.493 e. The van der Waals surface area contributed by atoms with Gasteiger partial charge in [-0.3, -0.25) is 4.99 Å². The van der Waals surface area contributed by atoms with Crippen molar-refractivity contribution in [2.45, 2.75) is 33.3 Å². The van der Waals surface area contributed by atoms with Gasteiger partial charge >= 0.3 is 0 Å². The van der Waals surface area contributed by atoms with E-state index in [0.717, 1.165) is 31.0 Å². The minimum absolute atomic E-state index is 0.270. The molecule has 0 aliphatic heterocycles. The number of hydrogen-bond donors (Lipinski definition) is 3. The van der Waals surface area contributed by atoms with Gasteiger partial charge in [-0.15, -0.1) is 0 Å². The molecule has 0 fully saturated rings. The van der Waals surface area contributed by atoms with Crippen LogP contribution in [0.25, 0.3) is 0 Å². The Kier molecular flexibility index (Phi) is 9.01. The van der Waals surface area contributed by atoms with E-state index in [1.54, 1.807) is 26.4 Å². The number of ether oxygens (including phenoxy) is 2. The Balaban J connectivity index is 2.70. The van der Waals surface area contributed by atoms with Crippen LogP contribution in [-0.2, 0) is 0 Å². The van der Waals surface area contributed by atoms with Crippen molar-refractivity contribution < 1.29 is 14.6 Å². The zero-order valence-electron chi connectivity index (χ0n) is 15.4. The Morgan fingerprint density at radius 3 is 2.46 bits per heavy atom. The van der Waals surface area contributed by atoms with Gasteiger partial charge in [0.25, 0.3) is 0 Å². The molecule has 3 N–H and O–H groups in total. The molecule has 0 aliphatic carbocycles. The van der Waals surface area contributed by atoms with Gasteiger partial charge in [-0.25, -0.2) is 0 Å². The molecule has 6 nitrogen and oxygen atoms in total. The third-order valence-electron chi connectivity index (χ3n) is 3.57. The second-order valence-corrected chi connectivity index (χ2v) is 5.96. The van der Waals surface area contributed by atoms with Gasteiger partial charge in [-0.1, -0.05) is 19.9 Å². The van der Waals surface area contributed by atoms with Gasteiger partial charge in [0.15, 0.2) is 17.5 Å². The van der Waals surface area contributed by atoms with Crippen molar-refractivity contribution in [3.63, 3.8) is 0 Å². The lowest BCUT2D eigenvalue weighted by Gasteiger charge is -2.15. The number of nitrogens with one attached hydrogen (secondary N) is 2. The van der Waals surface area contributed by atoms with Crippen LogP contribution in [-0.4, -0.2) is 44.9 Å². The van der Waals surface area contributed by atoms with Gasteiger partial charge in [-0.05, 0) is 37.0 Å². The molecular formula is C18H31N3O3. The summed E-state index contributed by atoms with van der Waals surface area (Å²) in [5, 5.41) is 16.8. The van der Waals surface area contributed by atoms with Crippen LogP contribution in [0.3, 0.4) is 0 Å². The normalized spacial score (nSPS) is 12.9. The maximum atomic E-state index is 10.4. The van der Waals surface area contributed by atoms with Crippen molar-refractivity contribution in [3.05, 3.63) is 23.8 Å². The number of hydrogen-bond acceptors (Lipinski definition) is 4. The van der Waals surface area contributed by atoms with Gasteiger partial charge < -0.3 is 25.2 Å². The van der Waals surface area contributed by atoms with Crippen LogP contribution in [0.2, 0.25) is 0 Å². The Hall–Kier alpha value is -1.95. The topological polar surface area (TPSA) is 75.1 Å². The molecule has 1 aromatic rings. The third kappa shape index (κ3) is 6.66. The SMILES string of the molecule is CCNC(=NCC(O)c1ccc(OC)c(OC)c1)NCCC(C)C. The van der Waals surface area contributed by atoms with Crippen molar-refractivity contribution >= 4 is 5.96 Å². The van der Waals surface area contributed by atoms with Gasteiger partial charge in [-0.2, -0.15) is 0 Å². The molecule has 0 aliphatic rings. The molecule has 1 rings (SSSR count). The van der Waals surface area contributed by atoms with E-state index < -0.39 is 6.10 Å². The highest BCUT2D eigenvalue weighted by atomic mass is 16.5. The quantitative estimate of drug-likeness (QED) is 0.476. The van der Waals surface area contributed by atoms with Crippen LogP contribution in [0.1, 0.15) is 38.9 Å². The first kappa shape index (κ1) is 20.1. The maximum absolute atomic E-state index is 10.4. The predicted octanol–water partition coefficient (Wildman–Crippen LogP) is 2.34. The Labute approximate surface area is 145 Å². The van der Waals surface area contributed by atoms with Crippen LogP contribution in [0.4, 0.5) is 0 Å². The second kappa shape index (κ2) is 10.8. The molecule has 0 saturated heterocycles. The van der Waals surface area contributed by atoms with Crippen molar-refractivity contribution in [1.82, 2.24) is 10.6 Å². The first-order valence-electron chi connectivity index (χ1n) is 8.43. The molecule has 0 radical (unpaired) electrons. The van der Waals surface area contributed by atoms with E-state index in [-0.39, 0.29) is 6.54 Å². The van der Waals surface area contributed by atoms with Gasteiger partial charge in [0.2, 0.25) is 0 Å². The van der Waals surface area contributed by atoms with E-state index in [0.29, 0.717) is 17.4 Å². The number of aliphatic hydroxyl groups excluding tert-OH is 1. The van der Waals surface area contributed by atoms with Crippen LogP contribution < -0.4 is 20.1 Å². The van der Waals surface area contributed by atoms with E-state index >= 15 is 0 Å². The molecule has 0 aromatic heterocycles. The van der Waals surface area contributed by atoms with Crippen molar-refractivity contribution in [2.75, 3.05) is 33.9 Å². The maximum Gasteiger partial charge on any atom is 0.191 e. The highest BCUT2D eigenvalue weighted by Crippen LogP contribution is 2.29. The summed E-state index contributed by atoms with van der Waals surface area (Å²) in [5.74, 6) is 2.59. The largest absolute Gasteiger partial charge is 0.493 e. The number of guanidine groups is 1. The number of benzene rings is 1. The number of rotatable bonds is 9. The average molecular weight is 337 g/mol. The molecule has 0 bridgehead atoms. The van der Waals surface area contributed by atoms with Gasteiger partial charge in [0.1, 0.15) is 0 Å². The second-order valence-electron chi connectivity index (χ2n) is 5.96. The minimum atomic E-state index is -0.703. The summed E-state index contributed by atoms with van der Waals surface area (Å²) >= 11 is 0. The smallest absolute Gasteiger partial charge is 0.191 e. The summed E-state index contributed by atoms with van der Waals surface area (Å²) in [4.78, 5) is 4.46. The molecule has 1 aromatic carbocycles. The van der Waals surface area contributed by atoms with Crippen molar-refractivity contribution in [3.8, 4) is 11.5 Å². The average Bonchev–Trinajstić information content (AvgIpc) is 2.58. The van der Waals surface area contributed by atoms with Crippen molar-refractivity contribution in [1.29, 1.82) is 0 Å². The van der Waals surface area contributed by atoms with Gasteiger partial charge in [0.05, 0.1) is 26.9 Å².